The topological polar surface area (TPSA) is 54.8 Å². The van der Waals surface area contributed by atoms with E-state index in [1.54, 1.807) is 7.11 Å². The Bertz CT molecular complexity index is 1680. The predicted octanol–water partition coefficient (Wildman–Crippen LogP) is 6.73. The molecule has 0 atom stereocenters. The largest absolute Gasteiger partial charge is 0.497 e. The van der Waals surface area contributed by atoms with Gasteiger partial charge in [-0.2, -0.15) is 0 Å². The molecule has 210 valence electrons. The number of carbonyl (C=O) groups is 2. The Hall–Kier alpha value is -5.10. The van der Waals surface area contributed by atoms with Gasteiger partial charge in [-0.3, -0.25) is 9.59 Å². The molecule has 6 heteroatoms. The van der Waals surface area contributed by atoms with Crippen LogP contribution in [0.1, 0.15) is 26.4 Å². The average Bonchev–Trinajstić information content (AvgIpc) is 3.41. The van der Waals surface area contributed by atoms with Crippen LogP contribution in [0.25, 0.3) is 28.1 Å². The maximum absolute atomic E-state index is 13.9. The summed E-state index contributed by atoms with van der Waals surface area (Å²) in [7, 11) is 1.65. The predicted molar refractivity (Wildman–Crippen MR) is 166 cm³/mol. The van der Waals surface area contributed by atoms with Crippen LogP contribution in [0.2, 0.25) is 0 Å². The Morgan fingerprint density at radius 1 is 0.619 bits per heavy atom. The molecule has 0 radical (unpaired) electrons. The smallest absolute Gasteiger partial charge is 0.255 e. The number of hydrogen-bond acceptors (Lipinski definition) is 3. The van der Waals surface area contributed by atoms with E-state index in [0.29, 0.717) is 37.3 Å². The normalized spacial score (nSPS) is 13.2. The molecule has 1 aliphatic heterocycles. The SMILES string of the molecule is COc1ccc(-c2cc(C(=O)N3CCN(C(=O)c4ccc(-c5ccccc5)cc4)CC3)c(C)n2-c2ccccc2)cc1. The van der Waals surface area contributed by atoms with E-state index in [2.05, 4.69) is 16.7 Å². The number of hydrogen-bond donors (Lipinski definition) is 0. The Morgan fingerprint density at radius 3 is 1.74 bits per heavy atom. The van der Waals surface area contributed by atoms with Crippen LogP contribution in [0.3, 0.4) is 0 Å². The third kappa shape index (κ3) is 5.31. The third-order valence-corrected chi connectivity index (χ3v) is 7.97. The summed E-state index contributed by atoms with van der Waals surface area (Å²) in [5.41, 5.74) is 7.34. The minimum atomic E-state index is -0.0174. The second-order valence-electron chi connectivity index (χ2n) is 10.5. The van der Waals surface area contributed by atoms with Gasteiger partial charge in [-0.1, -0.05) is 60.7 Å². The molecular weight excluding hydrogens is 522 g/mol. The number of aromatic nitrogens is 1. The van der Waals surface area contributed by atoms with Gasteiger partial charge in [0.25, 0.3) is 11.8 Å². The monoisotopic (exact) mass is 555 g/mol. The van der Waals surface area contributed by atoms with Gasteiger partial charge >= 0.3 is 0 Å². The van der Waals surface area contributed by atoms with Crippen molar-refractivity contribution in [1.82, 2.24) is 14.4 Å². The van der Waals surface area contributed by atoms with Gasteiger partial charge in [0.05, 0.1) is 18.4 Å². The molecule has 2 heterocycles. The van der Waals surface area contributed by atoms with Crippen molar-refractivity contribution in [2.45, 2.75) is 6.92 Å². The van der Waals surface area contributed by atoms with E-state index in [0.717, 1.165) is 39.5 Å². The molecule has 0 bridgehead atoms. The van der Waals surface area contributed by atoms with Crippen LogP contribution in [0.4, 0.5) is 0 Å². The zero-order valence-electron chi connectivity index (χ0n) is 23.9. The highest BCUT2D eigenvalue weighted by molar-refractivity contribution is 5.98. The molecule has 42 heavy (non-hydrogen) atoms. The number of rotatable bonds is 6. The lowest BCUT2D eigenvalue weighted by molar-refractivity contribution is 0.0535. The van der Waals surface area contributed by atoms with Gasteiger partial charge in [-0.15, -0.1) is 0 Å². The van der Waals surface area contributed by atoms with Gasteiger partial charge in [0.2, 0.25) is 0 Å². The Kier molecular flexibility index (Phi) is 7.60. The van der Waals surface area contributed by atoms with Crippen molar-refractivity contribution in [2.75, 3.05) is 33.3 Å². The van der Waals surface area contributed by atoms with E-state index in [4.69, 9.17) is 4.74 Å². The summed E-state index contributed by atoms with van der Waals surface area (Å²) < 4.78 is 7.48. The third-order valence-electron chi connectivity index (χ3n) is 7.97. The standard InChI is InChI=1S/C36H33N3O3/c1-26-33(25-34(29-17-19-32(42-2)20-18-29)39(26)31-11-7-4-8-12-31)36(41)38-23-21-37(22-24-38)35(40)30-15-13-28(14-16-30)27-9-5-3-6-10-27/h3-20,25H,21-24H2,1-2H3. The van der Waals surface area contributed by atoms with E-state index >= 15 is 0 Å². The summed E-state index contributed by atoms with van der Waals surface area (Å²) in [5, 5.41) is 0. The summed E-state index contributed by atoms with van der Waals surface area (Å²) >= 11 is 0. The number of amides is 2. The van der Waals surface area contributed by atoms with Crippen molar-refractivity contribution < 1.29 is 14.3 Å². The van der Waals surface area contributed by atoms with Crippen LogP contribution in [0, 0.1) is 6.92 Å². The first-order valence-corrected chi connectivity index (χ1v) is 14.2. The summed E-state index contributed by atoms with van der Waals surface area (Å²) in [5.74, 6) is 0.760. The quantitative estimate of drug-likeness (QED) is 0.234. The van der Waals surface area contributed by atoms with Crippen molar-refractivity contribution in [3.63, 3.8) is 0 Å². The molecule has 1 aromatic heterocycles. The summed E-state index contributed by atoms with van der Waals surface area (Å²) in [6, 6.07) is 37.8. The van der Waals surface area contributed by atoms with Crippen molar-refractivity contribution in [1.29, 1.82) is 0 Å². The van der Waals surface area contributed by atoms with Gasteiger partial charge in [-0.25, -0.2) is 0 Å². The van der Waals surface area contributed by atoms with Crippen molar-refractivity contribution in [3.8, 4) is 33.8 Å². The molecule has 1 aliphatic rings. The molecule has 0 N–H and O–H groups in total. The Morgan fingerprint density at radius 2 is 1.14 bits per heavy atom. The zero-order valence-corrected chi connectivity index (χ0v) is 23.9. The van der Waals surface area contributed by atoms with Gasteiger partial charge in [-0.05, 0) is 78.2 Å². The Labute approximate surface area is 246 Å². The van der Waals surface area contributed by atoms with Crippen LogP contribution >= 0.6 is 0 Å². The molecule has 5 aromatic rings. The minimum Gasteiger partial charge on any atom is -0.497 e. The maximum atomic E-state index is 13.9. The average molecular weight is 556 g/mol. The van der Waals surface area contributed by atoms with Crippen LogP contribution in [0.5, 0.6) is 5.75 Å². The highest BCUT2D eigenvalue weighted by Crippen LogP contribution is 2.31. The van der Waals surface area contributed by atoms with Crippen molar-refractivity contribution >= 4 is 11.8 Å². The number of carbonyl (C=O) groups excluding carboxylic acids is 2. The molecular formula is C36H33N3O3. The fraction of sp³-hybridized carbons (Fsp3) is 0.167. The molecule has 0 spiro atoms. The number of benzene rings is 4. The summed E-state index contributed by atoms with van der Waals surface area (Å²) in [4.78, 5) is 30.8. The number of nitrogens with zero attached hydrogens (tertiary/aromatic N) is 3. The van der Waals surface area contributed by atoms with Gasteiger partial charge in [0.1, 0.15) is 5.75 Å². The molecule has 1 fully saturated rings. The summed E-state index contributed by atoms with van der Waals surface area (Å²) in [6.07, 6.45) is 0. The van der Waals surface area contributed by atoms with Gasteiger partial charge < -0.3 is 19.1 Å². The molecule has 4 aromatic carbocycles. The molecule has 6 nitrogen and oxygen atoms in total. The number of ether oxygens (including phenoxy) is 1. The second-order valence-corrected chi connectivity index (χ2v) is 10.5. The maximum Gasteiger partial charge on any atom is 0.255 e. The zero-order chi connectivity index (χ0) is 29.1. The first kappa shape index (κ1) is 27.1. The lowest BCUT2D eigenvalue weighted by Crippen LogP contribution is -2.50. The van der Waals surface area contributed by atoms with Crippen molar-refractivity contribution in [2.24, 2.45) is 0 Å². The van der Waals surface area contributed by atoms with Crippen LogP contribution in [-0.2, 0) is 0 Å². The second kappa shape index (κ2) is 11.8. The number of piperazine rings is 1. The molecule has 0 unspecified atom stereocenters. The van der Waals surface area contributed by atoms with E-state index in [9.17, 15) is 9.59 Å². The molecule has 1 saturated heterocycles. The highest BCUT2D eigenvalue weighted by Gasteiger charge is 2.28. The van der Waals surface area contributed by atoms with Gasteiger partial charge in [0.15, 0.2) is 0 Å². The fourth-order valence-corrected chi connectivity index (χ4v) is 5.61. The molecule has 0 saturated carbocycles. The van der Waals surface area contributed by atoms with E-state index in [1.165, 1.54) is 0 Å². The Balaban J connectivity index is 1.19. The van der Waals surface area contributed by atoms with Crippen LogP contribution in [-0.4, -0.2) is 59.5 Å². The van der Waals surface area contributed by atoms with E-state index in [1.807, 2.05) is 120 Å². The lowest BCUT2D eigenvalue weighted by Gasteiger charge is -2.35. The van der Waals surface area contributed by atoms with Crippen molar-refractivity contribution in [3.05, 3.63) is 132 Å². The van der Waals surface area contributed by atoms with E-state index < -0.39 is 0 Å². The van der Waals surface area contributed by atoms with Crippen LogP contribution < -0.4 is 4.74 Å². The molecule has 6 rings (SSSR count). The van der Waals surface area contributed by atoms with Crippen LogP contribution in [0.15, 0.2) is 115 Å². The first-order chi connectivity index (χ1) is 20.5. The number of methoxy groups -OCH3 is 1. The van der Waals surface area contributed by atoms with Gasteiger partial charge in [0, 0.05) is 43.1 Å². The fourth-order valence-electron chi connectivity index (χ4n) is 5.61. The summed E-state index contributed by atoms with van der Waals surface area (Å²) in [6.45, 7) is 3.96. The highest BCUT2D eigenvalue weighted by atomic mass is 16.5. The molecule has 0 aliphatic carbocycles. The van der Waals surface area contributed by atoms with E-state index in [-0.39, 0.29) is 11.8 Å². The first-order valence-electron chi connectivity index (χ1n) is 14.2. The number of para-hydroxylation sites is 1. The molecule has 2 amide bonds. The minimum absolute atomic E-state index is 0.00471. The lowest BCUT2D eigenvalue weighted by atomic mass is 10.0.